The minimum atomic E-state index is -0.332. The minimum absolute atomic E-state index is 0. The molecule has 1 rings (SSSR count). The topological polar surface area (TPSA) is 57.2 Å². The van der Waals surface area contributed by atoms with Crippen molar-refractivity contribution in [1.82, 2.24) is 0 Å². The number of benzene rings is 1. The van der Waals surface area contributed by atoms with Gasteiger partial charge in [-0.1, -0.05) is 39.1 Å². The van der Waals surface area contributed by atoms with E-state index in [-0.39, 0.29) is 27.8 Å². The number of methoxy groups -OCH3 is 2. The van der Waals surface area contributed by atoms with E-state index in [0.29, 0.717) is 26.4 Å². The molecule has 0 aliphatic rings. The number of ether oxygens (including phenoxy) is 4. The molecule has 0 saturated heterocycles. The van der Waals surface area contributed by atoms with E-state index in [9.17, 15) is 0 Å². The van der Waals surface area contributed by atoms with Gasteiger partial charge in [0.05, 0.1) is 33.0 Å². The van der Waals surface area contributed by atoms with Crippen LogP contribution in [-0.2, 0) is 25.6 Å². The van der Waals surface area contributed by atoms with Crippen LogP contribution in [0.1, 0.15) is 32.3 Å². The predicted molar refractivity (Wildman–Crippen MR) is 84.2 cm³/mol. The van der Waals surface area contributed by atoms with Crippen molar-refractivity contribution in [2.24, 2.45) is 0 Å². The fourth-order valence-corrected chi connectivity index (χ4v) is 1.61. The zero-order chi connectivity index (χ0) is 13.9. The summed E-state index contributed by atoms with van der Waals surface area (Å²) in [7, 11) is 3.22. The molecular formula is C16H30O5. The van der Waals surface area contributed by atoms with Crippen molar-refractivity contribution in [1.29, 1.82) is 0 Å². The van der Waals surface area contributed by atoms with Gasteiger partial charge in [0.2, 0.25) is 0 Å². The lowest BCUT2D eigenvalue weighted by atomic mass is 10.1. The first kappa shape index (κ1) is 22.3. The van der Waals surface area contributed by atoms with Crippen LogP contribution in [0.25, 0.3) is 0 Å². The zero-order valence-electron chi connectivity index (χ0n) is 11.5. The average Bonchev–Trinajstić information content (AvgIpc) is 2.45. The predicted octanol–water partition coefficient (Wildman–Crippen LogP) is 2.78. The lowest BCUT2D eigenvalue weighted by Gasteiger charge is -2.14. The van der Waals surface area contributed by atoms with Gasteiger partial charge < -0.3 is 24.1 Å². The Bertz CT molecular complexity index is 322. The monoisotopic (exact) mass is 302 g/mol. The van der Waals surface area contributed by atoms with E-state index >= 15 is 0 Å². The van der Waals surface area contributed by atoms with Crippen molar-refractivity contribution < 1.29 is 24.1 Å². The van der Waals surface area contributed by atoms with Crippen LogP contribution in [-0.4, -0.2) is 45.8 Å². The summed E-state index contributed by atoms with van der Waals surface area (Å²) in [6.45, 7) is 1.94. The van der Waals surface area contributed by atoms with Crippen LogP contribution in [0.5, 0.6) is 0 Å². The highest BCUT2D eigenvalue weighted by molar-refractivity contribution is 5.22. The van der Waals surface area contributed by atoms with Crippen molar-refractivity contribution in [2.75, 3.05) is 40.6 Å². The molecule has 0 unspecified atom stereocenters. The molecule has 0 amide bonds. The third-order valence-electron chi connectivity index (χ3n) is 2.56. The molecule has 124 valence electrons. The van der Waals surface area contributed by atoms with E-state index in [0.717, 1.165) is 11.1 Å². The van der Waals surface area contributed by atoms with Crippen molar-refractivity contribution in [3.63, 3.8) is 0 Å². The summed E-state index contributed by atoms with van der Waals surface area (Å²) in [6, 6.07) is 7.88. The van der Waals surface area contributed by atoms with Gasteiger partial charge in [0.15, 0.2) is 6.29 Å². The van der Waals surface area contributed by atoms with E-state index < -0.39 is 0 Å². The molecule has 1 N–H and O–H groups in total. The first-order valence-corrected chi connectivity index (χ1v) is 6.22. The van der Waals surface area contributed by atoms with E-state index in [1.807, 2.05) is 24.3 Å². The molecule has 1 aromatic rings. The summed E-state index contributed by atoms with van der Waals surface area (Å²) >= 11 is 0. The molecule has 0 fully saturated rings. The van der Waals surface area contributed by atoms with E-state index in [1.165, 1.54) is 0 Å². The maximum absolute atomic E-state index is 8.53. The Labute approximate surface area is 128 Å². The maximum Gasteiger partial charge on any atom is 0.183 e. The third-order valence-corrected chi connectivity index (χ3v) is 2.56. The number of rotatable bonds is 10. The molecule has 0 aliphatic carbocycles. The summed E-state index contributed by atoms with van der Waals surface area (Å²) in [5.41, 5.74) is 2.05. The van der Waals surface area contributed by atoms with Gasteiger partial charge in [-0.2, -0.15) is 0 Å². The van der Waals surface area contributed by atoms with Crippen molar-refractivity contribution in [3.8, 4) is 0 Å². The highest BCUT2D eigenvalue weighted by atomic mass is 16.7. The molecule has 0 radical (unpaired) electrons. The van der Waals surface area contributed by atoms with Gasteiger partial charge in [-0.3, -0.25) is 0 Å². The second-order valence-corrected chi connectivity index (χ2v) is 3.93. The minimum Gasteiger partial charge on any atom is -0.394 e. The summed E-state index contributed by atoms with van der Waals surface area (Å²) in [5, 5.41) is 8.53. The lowest BCUT2D eigenvalue weighted by Crippen LogP contribution is -2.07. The van der Waals surface area contributed by atoms with Gasteiger partial charge in [0.25, 0.3) is 0 Å². The standard InChI is InChI=1S/C14H22O5.2CH4/c1-16-14(17-2)13-5-3-12(4-6-13)11-19-10-9-18-8-7-15;;/h3-6,14-15H,7-11H2,1-2H3;2*1H4. The Morgan fingerprint density at radius 2 is 1.48 bits per heavy atom. The molecule has 1 aromatic carbocycles. The molecule has 5 nitrogen and oxygen atoms in total. The lowest BCUT2D eigenvalue weighted by molar-refractivity contribution is -0.106. The molecule has 5 heteroatoms. The van der Waals surface area contributed by atoms with Crippen LogP contribution >= 0.6 is 0 Å². The Hall–Kier alpha value is -0.980. The molecule has 0 atom stereocenters. The third kappa shape index (κ3) is 8.80. The Morgan fingerprint density at radius 3 is 2.00 bits per heavy atom. The zero-order valence-corrected chi connectivity index (χ0v) is 11.5. The van der Waals surface area contributed by atoms with Crippen LogP contribution < -0.4 is 0 Å². The molecule has 0 saturated carbocycles. The Morgan fingerprint density at radius 1 is 0.905 bits per heavy atom. The van der Waals surface area contributed by atoms with Crippen molar-refractivity contribution in [2.45, 2.75) is 27.8 Å². The Balaban J connectivity index is 0. The summed E-state index contributed by atoms with van der Waals surface area (Å²) in [6.07, 6.45) is -0.332. The number of aliphatic hydroxyl groups excluding tert-OH is 1. The first-order chi connectivity index (χ1) is 9.31. The van der Waals surface area contributed by atoms with Gasteiger partial charge in [-0.25, -0.2) is 0 Å². The summed E-state index contributed by atoms with van der Waals surface area (Å²) < 4.78 is 20.9. The van der Waals surface area contributed by atoms with Crippen molar-refractivity contribution in [3.05, 3.63) is 35.4 Å². The van der Waals surface area contributed by atoms with Gasteiger partial charge in [0, 0.05) is 19.8 Å². The van der Waals surface area contributed by atoms with Crippen LogP contribution in [0, 0.1) is 0 Å². The second kappa shape index (κ2) is 14.0. The number of hydrogen-bond donors (Lipinski definition) is 1. The Kier molecular flexibility index (Phi) is 14.8. The van der Waals surface area contributed by atoms with E-state index in [2.05, 4.69) is 0 Å². The van der Waals surface area contributed by atoms with Crippen LogP contribution in [0.15, 0.2) is 24.3 Å². The number of hydrogen-bond acceptors (Lipinski definition) is 5. The summed E-state index contributed by atoms with van der Waals surface area (Å²) in [4.78, 5) is 0. The van der Waals surface area contributed by atoms with Gasteiger partial charge in [0.1, 0.15) is 0 Å². The molecule has 0 aromatic heterocycles. The van der Waals surface area contributed by atoms with Gasteiger partial charge >= 0.3 is 0 Å². The maximum atomic E-state index is 8.53. The molecule has 0 heterocycles. The van der Waals surface area contributed by atoms with E-state index in [1.54, 1.807) is 14.2 Å². The van der Waals surface area contributed by atoms with Crippen LogP contribution in [0.2, 0.25) is 0 Å². The molecular weight excluding hydrogens is 272 g/mol. The van der Waals surface area contributed by atoms with E-state index in [4.69, 9.17) is 24.1 Å². The molecule has 0 aliphatic heterocycles. The fourth-order valence-electron chi connectivity index (χ4n) is 1.61. The van der Waals surface area contributed by atoms with Crippen LogP contribution in [0.3, 0.4) is 0 Å². The normalized spacial score (nSPS) is 10.1. The van der Waals surface area contributed by atoms with Crippen molar-refractivity contribution >= 4 is 0 Å². The summed E-state index contributed by atoms with van der Waals surface area (Å²) in [5.74, 6) is 0. The van der Waals surface area contributed by atoms with Crippen LogP contribution in [0.4, 0.5) is 0 Å². The fraction of sp³-hybridized carbons (Fsp3) is 0.625. The second-order valence-electron chi connectivity index (χ2n) is 3.93. The molecule has 21 heavy (non-hydrogen) atoms. The quantitative estimate of drug-likeness (QED) is 0.532. The largest absolute Gasteiger partial charge is 0.394 e. The molecule has 0 bridgehead atoms. The molecule has 0 spiro atoms. The number of aliphatic hydroxyl groups is 1. The first-order valence-electron chi connectivity index (χ1n) is 6.22. The SMILES string of the molecule is C.C.COC(OC)c1ccc(COCCOCCO)cc1. The highest BCUT2D eigenvalue weighted by Crippen LogP contribution is 2.17. The average molecular weight is 302 g/mol. The van der Waals surface area contributed by atoms with Gasteiger partial charge in [-0.15, -0.1) is 0 Å². The van der Waals surface area contributed by atoms with Gasteiger partial charge in [-0.05, 0) is 5.56 Å². The highest BCUT2D eigenvalue weighted by Gasteiger charge is 2.07. The smallest absolute Gasteiger partial charge is 0.183 e.